The van der Waals surface area contributed by atoms with Crippen molar-refractivity contribution in [2.24, 2.45) is 5.92 Å². The molecular weight excluding hydrogens is 256 g/mol. The quantitative estimate of drug-likeness (QED) is 0.811. The van der Waals surface area contributed by atoms with E-state index in [2.05, 4.69) is 24.1 Å². The third-order valence-electron chi connectivity index (χ3n) is 6.53. The molecule has 1 saturated carbocycles. The van der Waals surface area contributed by atoms with E-state index in [0.717, 1.165) is 30.1 Å². The van der Waals surface area contributed by atoms with Crippen LogP contribution >= 0.6 is 0 Å². The third-order valence-corrected chi connectivity index (χ3v) is 6.53. The van der Waals surface area contributed by atoms with Crippen LogP contribution in [0.5, 0.6) is 0 Å². The first-order chi connectivity index (χ1) is 10.3. The van der Waals surface area contributed by atoms with Crippen LogP contribution in [0.2, 0.25) is 0 Å². The Balaban J connectivity index is 1.59. The zero-order valence-corrected chi connectivity index (χ0v) is 14.3. The van der Waals surface area contributed by atoms with Crippen LogP contribution in [0, 0.1) is 5.92 Å². The summed E-state index contributed by atoms with van der Waals surface area (Å²) < 4.78 is 0. The minimum Gasteiger partial charge on any atom is -0.314 e. The van der Waals surface area contributed by atoms with E-state index in [4.69, 9.17) is 0 Å². The highest BCUT2D eigenvalue weighted by Crippen LogP contribution is 2.40. The van der Waals surface area contributed by atoms with E-state index in [1.165, 1.54) is 77.2 Å². The average molecular weight is 293 g/mol. The van der Waals surface area contributed by atoms with E-state index in [1.807, 2.05) is 0 Å². The van der Waals surface area contributed by atoms with E-state index < -0.39 is 0 Å². The van der Waals surface area contributed by atoms with Crippen molar-refractivity contribution in [2.45, 2.75) is 109 Å². The lowest BCUT2D eigenvalue weighted by atomic mass is 9.76. The summed E-state index contributed by atoms with van der Waals surface area (Å²) in [7, 11) is 0. The maximum absolute atomic E-state index is 3.81. The van der Waals surface area contributed by atoms with Gasteiger partial charge in [0.25, 0.3) is 0 Å². The number of rotatable bonds is 5. The summed E-state index contributed by atoms with van der Waals surface area (Å²) in [6, 6.07) is 3.53. The van der Waals surface area contributed by atoms with Crippen LogP contribution < -0.4 is 5.32 Å². The third kappa shape index (κ3) is 3.64. The second-order valence-corrected chi connectivity index (χ2v) is 7.89. The number of hydrogen-bond acceptors (Lipinski definition) is 2. The Hall–Kier alpha value is -0.0800. The molecule has 2 saturated heterocycles. The zero-order chi connectivity index (χ0) is 14.7. The Morgan fingerprint density at radius 1 is 0.857 bits per heavy atom. The topological polar surface area (TPSA) is 15.3 Å². The minimum atomic E-state index is 0.809. The van der Waals surface area contributed by atoms with Crippen LogP contribution in [0.3, 0.4) is 0 Å². The van der Waals surface area contributed by atoms with Gasteiger partial charge in [-0.2, -0.15) is 0 Å². The number of nitrogens with one attached hydrogen (secondary N) is 1. The Kier molecular flexibility index (Phi) is 5.61. The van der Waals surface area contributed by atoms with Gasteiger partial charge < -0.3 is 5.32 Å². The molecule has 2 nitrogen and oxygen atoms in total. The highest BCUT2D eigenvalue weighted by Gasteiger charge is 2.41. The van der Waals surface area contributed by atoms with Crippen molar-refractivity contribution in [1.29, 1.82) is 0 Å². The van der Waals surface area contributed by atoms with Gasteiger partial charge in [-0.15, -0.1) is 0 Å². The Bertz CT molecular complexity index is 295. The van der Waals surface area contributed by atoms with Gasteiger partial charge in [-0.05, 0) is 70.3 Å². The van der Waals surface area contributed by atoms with Gasteiger partial charge in [0.05, 0.1) is 0 Å². The largest absolute Gasteiger partial charge is 0.314 e. The molecule has 0 amide bonds. The van der Waals surface area contributed by atoms with E-state index in [9.17, 15) is 0 Å². The number of piperidine rings is 2. The predicted octanol–water partition coefficient (Wildman–Crippen LogP) is 4.34. The van der Waals surface area contributed by atoms with Crippen molar-refractivity contribution in [1.82, 2.24) is 10.2 Å². The maximum atomic E-state index is 3.81. The summed E-state index contributed by atoms with van der Waals surface area (Å²) in [5.74, 6) is 1.03. The van der Waals surface area contributed by atoms with E-state index in [0.29, 0.717) is 0 Å². The molecule has 2 bridgehead atoms. The van der Waals surface area contributed by atoms with Crippen molar-refractivity contribution in [3.8, 4) is 0 Å². The molecule has 0 aromatic rings. The van der Waals surface area contributed by atoms with Crippen molar-refractivity contribution >= 4 is 0 Å². The maximum Gasteiger partial charge on any atom is 0.0116 e. The molecule has 122 valence electrons. The fourth-order valence-electron chi connectivity index (χ4n) is 5.38. The van der Waals surface area contributed by atoms with Crippen molar-refractivity contribution in [2.75, 3.05) is 6.54 Å². The summed E-state index contributed by atoms with van der Waals surface area (Å²) in [4.78, 5) is 3.01. The fourth-order valence-corrected chi connectivity index (χ4v) is 5.38. The first-order valence-corrected chi connectivity index (χ1v) is 9.82. The molecule has 1 N–H and O–H groups in total. The summed E-state index contributed by atoms with van der Waals surface area (Å²) in [5.41, 5.74) is 0. The van der Waals surface area contributed by atoms with Crippen LogP contribution in [0.1, 0.15) is 84.5 Å². The standard InChI is InChI=1S/C19H36N2/c1-3-12-20-16-13-18-6-5-7-19(14-16)21(18)17-10-8-15(4-2)9-11-17/h15-20H,3-14H2,1-2H3. The fraction of sp³-hybridized carbons (Fsp3) is 1.00. The van der Waals surface area contributed by atoms with Crippen LogP contribution in [0.4, 0.5) is 0 Å². The normalized spacial score (nSPS) is 41.1. The zero-order valence-electron chi connectivity index (χ0n) is 14.3. The molecule has 1 aliphatic carbocycles. The molecule has 3 fully saturated rings. The number of fused-ring (bicyclic) bond motifs is 2. The Morgan fingerprint density at radius 3 is 2.10 bits per heavy atom. The molecule has 2 aliphatic heterocycles. The van der Waals surface area contributed by atoms with E-state index in [1.54, 1.807) is 0 Å². The van der Waals surface area contributed by atoms with E-state index >= 15 is 0 Å². The van der Waals surface area contributed by atoms with Gasteiger partial charge in [0.2, 0.25) is 0 Å². The van der Waals surface area contributed by atoms with Crippen LogP contribution in [0.15, 0.2) is 0 Å². The van der Waals surface area contributed by atoms with Gasteiger partial charge in [-0.3, -0.25) is 4.90 Å². The van der Waals surface area contributed by atoms with Crippen molar-refractivity contribution in [3.05, 3.63) is 0 Å². The first kappa shape index (κ1) is 15.8. The lowest BCUT2D eigenvalue weighted by Gasteiger charge is -2.53. The van der Waals surface area contributed by atoms with Crippen molar-refractivity contribution in [3.63, 3.8) is 0 Å². The molecule has 0 spiro atoms. The van der Waals surface area contributed by atoms with E-state index in [-0.39, 0.29) is 0 Å². The molecule has 21 heavy (non-hydrogen) atoms. The lowest BCUT2D eigenvalue weighted by molar-refractivity contribution is -0.0265. The van der Waals surface area contributed by atoms with Crippen LogP contribution in [-0.4, -0.2) is 35.6 Å². The summed E-state index contributed by atoms with van der Waals surface area (Å²) in [5, 5.41) is 3.81. The SMILES string of the molecule is CCCNC1CC2CCCC(C1)N2C1CCC(CC)CC1. The Labute approximate surface area is 132 Å². The molecule has 2 atom stereocenters. The van der Waals surface area contributed by atoms with Crippen LogP contribution in [0.25, 0.3) is 0 Å². The average Bonchev–Trinajstić information content (AvgIpc) is 2.52. The summed E-state index contributed by atoms with van der Waals surface area (Å²) in [6.45, 7) is 5.88. The van der Waals surface area contributed by atoms with Crippen molar-refractivity contribution < 1.29 is 0 Å². The smallest absolute Gasteiger partial charge is 0.0116 e. The lowest BCUT2D eigenvalue weighted by Crippen LogP contribution is -2.60. The molecule has 3 rings (SSSR count). The summed E-state index contributed by atoms with van der Waals surface area (Å²) >= 11 is 0. The highest BCUT2D eigenvalue weighted by atomic mass is 15.2. The molecule has 2 unspecified atom stereocenters. The van der Waals surface area contributed by atoms with Gasteiger partial charge >= 0.3 is 0 Å². The van der Waals surface area contributed by atoms with Gasteiger partial charge in [-0.1, -0.05) is 26.7 Å². The monoisotopic (exact) mass is 292 g/mol. The minimum absolute atomic E-state index is 0.809. The highest BCUT2D eigenvalue weighted by molar-refractivity contribution is 4.98. The molecule has 2 heteroatoms. The first-order valence-electron chi connectivity index (χ1n) is 9.82. The number of nitrogens with zero attached hydrogens (tertiary/aromatic N) is 1. The van der Waals surface area contributed by atoms with Gasteiger partial charge in [0, 0.05) is 24.2 Å². The van der Waals surface area contributed by atoms with Crippen LogP contribution in [-0.2, 0) is 0 Å². The second-order valence-electron chi connectivity index (χ2n) is 7.89. The second kappa shape index (κ2) is 7.46. The summed E-state index contributed by atoms with van der Waals surface area (Å²) in [6.07, 6.45) is 15.9. The molecule has 0 radical (unpaired) electrons. The predicted molar refractivity (Wildman–Crippen MR) is 90.6 cm³/mol. The molecule has 2 heterocycles. The van der Waals surface area contributed by atoms with Gasteiger partial charge in [0.1, 0.15) is 0 Å². The molecular formula is C19H36N2. The van der Waals surface area contributed by atoms with Gasteiger partial charge in [-0.25, -0.2) is 0 Å². The molecule has 0 aromatic heterocycles. The Morgan fingerprint density at radius 2 is 1.52 bits per heavy atom. The van der Waals surface area contributed by atoms with Gasteiger partial charge in [0.15, 0.2) is 0 Å². The number of hydrogen-bond donors (Lipinski definition) is 1. The molecule has 3 aliphatic rings. The molecule has 0 aromatic carbocycles.